The number of non-ortho nitro benzene ring substituents is 1. The van der Waals surface area contributed by atoms with Gasteiger partial charge < -0.3 is 14.4 Å². The number of hydrogen-bond donors (Lipinski definition) is 0. The van der Waals surface area contributed by atoms with E-state index in [1.165, 1.54) is 18.2 Å². The highest BCUT2D eigenvalue weighted by atomic mass is 16.6. The summed E-state index contributed by atoms with van der Waals surface area (Å²) in [4.78, 5) is 25.7. The van der Waals surface area contributed by atoms with Crippen molar-refractivity contribution in [1.29, 1.82) is 5.26 Å². The highest BCUT2D eigenvalue weighted by molar-refractivity contribution is 6.04. The third-order valence-corrected chi connectivity index (χ3v) is 4.21. The summed E-state index contributed by atoms with van der Waals surface area (Å²) in [6, 6.07) is 6.29. The van der Waals surface area contributed by atoms with Crippen LogP contribution in [0.5, 0.6) is 17.5 Å². The third kappa shape index (κ3) is 2.52. The maximum atomic E-state index is 11.3. The Hall–Kier alpha value is -4.00. The molecule has 0 amide bonds. The first-order chi connectivity index (χ1) is 13.4. The average Bonchev–Trinajstić information content (AvgIpc) is 2.67. The van der Waals surface area contributed by atoms with Crippen molar-refractivity contribution in [1.82, 2.24) is 15.0 Å². The Morgan fingerprint density at radius 1 is 1.32 bits per heavy atom. The molecule has 0 atom stereocenters. The van der Waals surface area contributed by atoms with Gasteiger partial charge in [-0.1, -0.05) is 0 Å². The molecular weight excluding hydrogens is 364 g/mol. The predicted octanol–water partition coefficient (Wildman–Crippen LogP) is 3.04. The van der Waals surface area contributed by atoms with Crippen LogP contribution in [0, 0.1) is 21.4 Å². The van der Waals surface area contributed by atoms with E-state index in [9.17, 15) is 15.4 Å². The molecular formula is C18H14N6O4. The van der Waals surface area contributed by atoms with E-state index in [1.54, 1.807) is 25.9 Å². The summed E-state index contributed by atoms with van der Waals surface area (Å²) in [6.07, 6.45) is 0. The molecule has 0 saturated heterocycles. The van der Waals surface area contributed by atoms with Crippen molar-refractivity contribution in [3.8, 4) is 34.7 Å². The fraction of sp³-hybridized carbons (Fsp3) is 0.222. The maximum Gasteiger partial charge on any atom is 0.270 e. The van der Waals surface area contributed by atoms with Crippen LogP contribution in [0.1, 0.15) is 12.5 Å². The number of nitriles is 1. The molecule has 0 bridgehead atoms. The van der Waals surface area contributed by atoms with Crippen LogP contribution < -0.4 is 14.4 Å². The summed E-state index contributed by atoms with van der Waals surface area (Å²) in [6.45, 7) is 2.07. The maximum absolute atomic E-state index is 11.3. The Morgan fingerprint density at radius 3 is 2.75 bits per heavy atom. The molecule has 2 aromatic heterocycles. The lowest BCUT2D eigenvalue weighted by atomic mass is 9.95. The molecule has 0 aliphatic carbocycles. The lowest BCUT2D eigenvalue weighted by molar-refractivity contribution is -0.384. The van der Waals surface area contributed by atoms with Gasteiger partial charge >= 0.3 is 0 Å². The van der Waals surface area contributed by atoms with E-state index in [1.807, 2.05) is 0 Å². The summed E-state index contributed by atoms with van der Waals surface area (Å²) >= 11 is 0. The summed E-state index contributed by atoms with van der Waals surface area (Å²) in [5.41, 5.74) is 1.13. The molecule has 28 heavy (non-hydrogen) atoms. The molecule has 0 unspecified atom stereocenters. The van der Waals surface area contributed by atoms with Crippen molar-refractivity contribution in [2.24, 2.45) is 0 Å². The molecule has 0 spiro atoms. The van der Waals surface area contributed by atoms with E-state index in [0.717, 1.165) is 0 Å². The van der Waals surface area contributed by atoms with E-state index in [2.05, 4.69) is 21.0 Å². The number of nitro groups is 1. The van der Waals surface area contributed by atoms with Gasteiger partial charge in [0.1, 0.15) is 17.4 Å². The molecule has 0 fully saturated rings. The second-order valence-corrected chi connectivity index (χ2v) is 6.17. The average molecular weight is 378 g/mol. The molecule has 0 saturated carbocycles. The number of aromatic nitrogens is 3. The van der Waals surface area contributed by atoms with Gasteiger partial charge in [-0.2, -0.15) is 20.2 Å². The number of fused-ring (bicyclic) bond motifs is 2. The zero-order valence-electron chi connectivity index (χ0n) is 15.3. The molecule has 4 rings (SSSR count). The number of ether oxygens (including phenoxy) is 2. The van der Waals surface area contributed by atoms with Crippen LogP contribution in [0.15, 0.2) is 18.2 Å². The predicted molar refractivity (Wildman–Crippen MR) is 99.7 cm³/mol. The number of hydrogen-bond acceptors (Lipinski definition) is 9. The summed E-state index contributed by atoms with van der Waals surface area (Å²) < 4.78 is 11.4. The van der Waals surface area contributed by atoms with Crippen molar-refractivity contribution >= 4 is 22.7 Å². The highest BCUT2D eigenvalue weighted by Gasteiger charge is 2.30. The van der Waals surface area contributed by atoms with Gasteiger partial charge in [0.2, 0.25) is 17.7 Å². The lowest BCUT2D eigenvalue weighted by Crippen LogP contribution is -2.15. The van der Waals surface area contributed by atoms with E-state index in [-0.39, 0.29) is 28.7 Å². The second-order valence-electron chi connectivity index (χ2n) is 6.17. The first kappa shape index (κ1) is 17.4. The van der Waals surface area contributed by atoms with Gasteiger partial charge in [0, 0.05) is 37.4 Å². The molecule has 3 heterocycles. The standard InChI is InChI=1S/C18H14N6O4/c1-4-27-16-11(8-19)13-10-7-9(24(25)26)5-6-12(10)28-17-14(13)15(20-16)21-18(22-17)23(2)3/h5-7H,4H2,1-3H3. The Labute approximate surface area is 159 Å². The first-order valence-corrected chi connectivity index (χ1v) is 8.37. The van der Waals surface area contributed by atoms with E-state index < -0.39 is 4.92 Å². The Bertz CT molecular complexity index is 1190. The van der Waals surface area contributed by atoms with Gasteiger partial charge in [-0.05, 0) is 13.0 Å². The molecule has 140 valence electrons. The fourth-order valence-electron chi connectivity index (χ4n) is 3.01. The van der Waals surface area contributed by atoms with Crippen LogP contribution in [0.2, 0.25) is 0 Å². The Balaban J connectivity index is 2.16. The zero-order chi connectivity index (χ0) is 20.0. The van der Waals surface area contributed by atoms with Crippen molar-refractivity contribution in [2.75, 3.05) is 25.6 Å². The van der Waals surface area contributed by atoms with Crippen molar-refractivity contribution < 1.29 is 14.4 Å². The van der Waals surface area contributed by atoms with Crippen LogP contribution >= 0.6 is 0 Å². The largest absolute Gasteiger partial charge is 0.477 e. The Morgan fingerprint density at radius 2 is 2.11 bits per heavy atom. The summed E-state index contributed by atoms with van der Waals surface area (Å²) in [7, 11) is 3.56. The summed E-state index contributed by atoms with van der Waals surface area (Å²) in [5, 5.41) is 21.5. The number of nitro benzene ring substituents is 1. The van der Waals surface area contributed by atoms with Gasteiger partial charge in [0.15, 0.2) is 5.65 Å². The first-order valence-electron chi connectivity index (χ1n) is 8.37. The van der Waals surface area contributed by atoms with Crippen LogP contribution in [-0.4, -0.2) is 40.6 Å². The molecule has 1 aliphatic rings. The highest BCUT2D eigenvalue weighted by Crippen LogP contribution is 2.49. The van der Waals surface area contributed by atoms with E-state index in [4.69, 9.17) is 9.47 Å². The summed E-state index contributed by atoms with van der Waals surface area (Å²) in [5.74, 6) is 1.07. The quantitative estimate of drug-likeness (QED) is 0.389. The van der Waals surface area contributed by atoms with Crippen LogP contribution in [-0.2, 0) is 0 Å². The zero-order valence-corrected chi connectivity index (χ0v) is 15.3. The van der Waals surface area contributed by atoms with E-state index in [0.29, 0.717) is 34.8 Å². The van der Waals surface area contributed by atoms with Gasteiger partial charge in [-0.15, -0.1) is 0 Å². The SMILES string of the molecule is CCOc1nc2nc(N(C)C)nc3c2c(c1C#N)-c1cc([N+](=O)[O-])ccc1O3. The molecule has 1 aliphatic heterocycles. The third-order valence-electron chi connectivity index (χ3n) is 4.21. The molecule has 10 heteroatoms. The molecule has 0 N–H and O–H groups in total. The van der Waals surface area contributed by atoms with Crippen LogP contribution in [0.4, 0.5) is 11.6 Å². The van der Waals surface area contributed by atoms with Gasteiger partial charge in [-0.3, -0.25) is 10.1 Å². The van der Waals surface area contributed by atoms with Crippen LogP contribution in [0.25, 0.3) is 22.2 Å². The topological polar surface area (TPSA) is 127 Å². The normalized spacial score (nSPS) is 11.4. The molecule has 10 nitrogen and oxygen atoms in total. The second kappa shape index (κ2) is 6.31. The van der Waals surface area contributed by atoms with Gasteiger partial charge in [-0.25, -0.2) is 0 Å². The monoisotopic (exact) mass is 378 g/mol. The molecule has 3 aromatic rings. The van der Waals surface area contributed by atoms with Crippen LogP contribution in [0.3, 0.4) is 0 Å². The van der Waals surface area contributed by atoms with Crippen molar-refractivity contribution in [2.45, 2.75) is 6.92 Å². The Kier molecular flexibility index (Phi) is 3.93. The molecule has 1 aromatic carbocycles. The number of rotatable bonds is 4. The smallest absolute Gasteiger partial charge is 0.270 e. The van der Waals surface area contributed by atoms with E-state index >= 15 is 0 Å². The minimum Gasteiger partial charge on any atom is -0.477 e. The minimum atomic E-state index is -0.505. The number of pyridine rings is 1. The minimum absolute atomic E-state index is 0.112. The van der Waals surface area contributed by atoms with Crippen molar-refractivity contribution in [3.63, 3.8) is 0 Å². The van der Waals surface area contributed by atoms with Crippen molar-refractivity contribution in [3.05, 3.63) is 33.9 Å². The van der Waals surface area contributed by atoms with Gasteiger partial charge in [0.25, 0.3) is 5.69 Å². The number of anilines is 1. The number of nitrogens with zero attached hydrogens (tertiary/aromatic N) is 6. The fourth-order valence-corrected chi connectivity index (χ4v) is 3.01. The molecule has 0 radical (unpaired) electrons. The number of benzene rings is 1. The van der Waals surface area contributed by atoms with Gasteiger partial charge in [0.05, 0.1) is 16.9 Å². The lowest BCUT2D eigenvalue weighted by Gasteiger charge is -2.22.